The van der Waals surface area contributed by atoms with Gasteiger partial charge >= 0.3 is 0 Å². The van der Waals surface area contributed by atoms with Crippen LogP contribution >= 0.6 is 0 Å². The lowest BCUT2D eigenvalue weighted by Gasteiger charge is -2.41. The highest BCUT2D eigenvalue weighted by Gasteiger charge is 2.48. The summed E-state index contributed by atoms with van der Waals surface area (Å²) in [5, 5.41) is 14.2. The molecule has 1 aromatic carbocycles. The fraction of sp³-hybridized carbons (Fsp3) is 0.545. The van der Waals surface area contributed by atoms with E-state index in [1.165, 1.54) is 18.2 Å². The molecule has 4 rings (SSSR count). The van der Waals surface area contributed by atoms with Crippen LogP contribution in [-0.2, 0) is 24.8 Å². The second kappa shape index (κ2) is 8.26. The molecule has 0 spiro atoms. The first kappa shape index (κ1) is 24.5. The van der Waals surface area contributed by atoms with Crippen LogP contribution in [0.2, 0.25) is 0 Å². The zero-order valence-electron chi connectivity index (χ0n) is 19.6. The van der Waals surface area contributed by atoms with Crippen molar-refractivity contribution in [3.63, 3.8) is 0 Å². The van der Waals surface area contributed by atoms with Crippen molar-refractivity contribution < 1.29 is 26.7 Å². The van der Waals surface area contributed by atoms with E-state index < -0.39 is 31.4 Å². The van der Waals surface area contributed by atoms with Crippen LogP contribution < -0.4 is 10.0 Å². The largest absolute Gasteiger partial charge is 0.511 e. The molecule has 10 nitrogen and oxygen atoms in total. The maximum atomic E-state index is 13.4. The minimum Gasteiger partial charge on any atom is -0.511 e. The predicted octanol–water partition coefficient (Wildman–Crippen LogP) is 2.83. The average Bonchev–Trinajstić information content (AvgIpc) is 3.54. The fourth-order valence-electron chi connectivity index (χ4n) is 4.31. The van der Waals surface area contributed by atoms with Crippen molar-refractivity contribution in [1.29, 1.82) is 0 Å². The molecule has 1 fully saturated rings. The van der Waals surface area contributed by atoms with Gasteiger partial charge in [0.05, 0.1) is 11.9 Å². The topological polar surface area (TPSA) is 145 Å². The van der Waals surface area contributed by atoms with Crippen LogP contribution in [0.5, 0.6) is 0 Å². The van der Waals surface area contributed by atoms with Gasteiger partial charge in [0, 0.05) is 23.7 Å². The highest BCUT2D eigenvalue weighted by Crippen LogP contribution is 2.44. The van der Waals surface area contributed by atoms with Gasteiger partial charge in [0.15, 0.2) is 5.84 Å². The second-order valence-electron chi connectivity index (χ2n) is 10.0. The molecule has 1 aliphatic carbocycles. The molecule has 1 atom stereocenters. The number of rotatable bonds is 7. The van der Waals surface area contributed by atoms with Crippen LogP contribution in [0.15, 0.2) is 38.8 Å². The number of fused-ring (bicyclic) bond motifs is 1. The number of benzene rings is 1. The maximum Gasteiger partial charge on any atom is 0.286 e. The van der Waals surface area contributed by atoms with E-state index in [1.54, 1.807) is 4.90 Å². The van der Waals surface area contributed by atoms with Gasteiger partial charge < -0.3 is 15.3 Å². The summed E-state index contributed by atoms with van der Waals surface area (Å²) >= 11 is 0. The van der Waals surface area contributed by atoms with Crippen molar-refractivity contribution in [2.24, 2.45) is 15.7 Å². The first-order valence-electron chi connectivity index (χ1n) is 11.2. The van der Waals surface area contributed by atoms with E-state index in [1.807, 2.05) is 6.92 Å². The van der Waals surface area contributed by atoms with Gasteiger partial charge in [0.1, 0.15) is 16.2 Å². The van der Waals surface area contributed by atoms with Crippen molar-refractivity contribution in [1.82, 2.24) is 4.90 Å². The number of nitrogens with one attached hydrogen (secondary N) is 2. The fourth-order valence-corrected chi connectivity index (χ4v) is 6.02. The number of amides is 1. The zero-order valence-corrected chi connectivity index (χ0v) is 21.3. The smallest absolute Gasteiger partial charge is 0.286 e. The molecule has 1 amide bonds. The van der Waals surface area contributed by atoms with E-state index in [0.29, 0.717) is 18.9 Å². The molecule has 0 saturated heterocycles. The third-order valence-electron chi connectivity index (χ3n) is 6.33. The Morgan fingerprint density at radius 1 is 1.32 bits per heavy atom. The van der Waals surface area contributed by atoms with Crippen molar-refractivity contribution in [3.05, 3.63) is 29.5 Å². The summed E-state index contributed by atoms with van der Waals surface area (Å²) in [6, 6.07) is 4.05. The highest BCUT2D eigenvalue weighted by atomic mass is 32.2. The average molecular weight is 511 g/mol. The van der Waals surface area contributed by atoms with Gasteiger partial charge in [-0.25, -0.2) is 8.42 Å². The molecule has 2 aliphatic heterocycles. The number of hydrogen-bond acceptors (Lipinski definition) is 7. The molecule has 1 saturated carbocycles. The number of aliphatic hydroxyl groups excluding tert-OH is 1. The molecule has 2 heterocycles. The van der Waals surface area contributed by atoms with Crippen LogP contribution in [0.4, 0.5) is 11.4 Å². The van der Waals surface area contributed by atoms with Crippen molar-refractivity contribution in [2.45, 2.75) is 57.4 Å². The summed E-state index contributed by atoms with van der Waals surface area (Å²) in [5.74, 6) is -0.426. The summed E-state index contributed by atoms with van der Waals surface area (Å²) in [6.45, 7) is 6.43. The lowest BCUT2D eigenvalue weighted by Crippen LogP contribution is -2.50. The lowest BCUT2D eigenvalue weighted by atomic mass is 9.76. The van der Waals surface area contributed by atoms with Crippen LogP contribution in [0.25, 0.3) is 0 Å². The standard InChI is InChI=1S/C22H30N4O6S2/c1-13(2)9-10-22(3)12-26(15-6-7-15)21(28)18(19(22)27)20-23-16-8-5-14(24-33(4,29)30)11-17(16)34(31,32)25-20/h5,8,11,13,15,24,27H,6-7,9-10,12H2,1-4H3,(H,23,25). The van der Waals surface area contributed by atoms with Crippen LogP contribution in [0.3, 0.4) is 0 Å². The molecule has 3 aliphatic rings. The molecular weight excluding hydrogens is 480 g/mol. The Morgan fingerprint density at radius 3 is 2.59 bits per heavy atom. The van der Waals surface area contributed by atoms with E-state index in [0.717, 1.165) is 25.5 Å². The number of anilines is 2. The molecule has 12 heteroatoms. The number of nitrogens with zero attached hydrogens (tertiary/aromatic N) is 2. The Balaban J connectivity index is 1.77. The first-order valence-corrected chi connectivity index (χ1v) is 14.5. The highest BCUT2D eigenvalue weighted by molar-refractivity contribution is 7.92. The summed E-state index contributed by atoms with van der Waals surface area (Å²) in [7, 11) is -7.88. The minimum atomic E-state index is -4.28. The van der Waals surface area contributed by atoms with E-state index in [2.05, 4.69) is 28.3 Å². The Kier molecular flexibility index (Phi) is 5.96. The SMILES string of the molecule is CC(C)CCC1(C)CN(C2CC2)C(=O)C(C2=NS(=O)(=O)c3cc(NS(C)(=O)=O)ccc3N2)=C1O. The summed E-state index contributed by atoms with van der Waals surface area (Å²) in [6.07, 6.45) is 4.17. The lowest BCUT2D eigenvalue weighted by molar-refractivity contribution is -0.130. The molecule has 1 aromatic rings. The Morgan fingerprint density at radius 2 is 2.00 bits per heavy atom. The van der Waals surface area contributed by atoms with Crippen LogP contribution in [0, 0.1) is 11.3 Å². The Bertz CT molecular complexity index is 1310. The Hall–Kier alpha value is -2.60. The van der Waals surface area contributed by atoms with Crippen molar-refractivity contribution >= 4 is 43.2 Å². The van der Waals surface area contributed by atoms with Gasteiger partial charge in [-0.3, -0.25) is 9.52 Å². The third kappa shape index (κ3) is 4.78. The van der Waals surface area contributed by atoms with E-state index in [4.69, 9.17) is 0 Å². The number of carbonyl (C=O) groups is 1. The van der Waals surface area contributed by atoms with Gasteiger partial charge in [-0.05, 0) is 49.8 Å². The van der Waals surface area contributed by atoms with Gasteiger partial charge in [-0.2, -0.15) is 8.42 Å². The normalized spacial score (nSPS) is 24.6. The molecule has 0 aromatic heterocycles. The van der Waals surface area contributed by atoms with E-state index in [9.17, 15) is 26.7 Å². The molecule has 3 N–H and O–H groups in total. The third-order valence-corrected chi connectivity index (χ3v) is 8.25. The van der Waals surface area contributed by atoms with Gasteiger partial charge in [0.25, 0.3) is 15.9 Å². The van der Waals surface area contributed by atoms with Gasteiger partial charge in [-0.15, -0.1) is 4.40 Å². The molecule has 0 bridgehead atoms. The van der Waals surface area contributed by atoms with Crippen molar-refractivity contribution in [3.8, 4) is 0 Å². The summed E-state index contributed by atoms with van der Waals surface area (Å²) in [5.41, 5.74) is -0.642. The quantitative estimate of drug-likeness (QED) is 0.511. The van der Waals surface area contributed by atoms with Gasteiger partial charge in [0.2, 0.25) is 10.0 Å². The predicted molar refractivity (Wildman–Crippen MR) is 130 cm³/mol. The van der Waals surface area contributed by atoms with Crippen molar-refractivity contribution in [2.75, 3.05) is 22.8 Å². The Labute approximate surface area is 200 Å². The monoisotopic (exact) mass is 510 g/mol. The molecule has 34 heavy (non-hydrogen) atoms. The number of aliphatic hydroxyl groups is 1. The molecule has 1 unspecified atom stereocenters. The second-order valence-corrected chi connectivity index (χ2v) is 13.3. The van der Waals surface area contributed by atoms with Gasteiger partial charge in [-0.1, -0.05) is 20.8 Å². The maximum absolute atomic E-state index is 13.4. The van der Waals surface area contributed by atoms with Crippen LogP contribution in [-0.4, -0.2) is 57.4 Å². The first-order chi connectivity index (χ1) is 15.7. The number of carbonyl (C=O) groups excluding carboxylic acids is 1. The van der Waals surface area contributed by atoms with Crippen LogP contribution in [0.1, 0.15) is 46.5 Å². The molecular formula is C22H30N4O6S2. The zero-order chi connectivity index (χ0) is 25.1. The van der Waals surface area contributed by atoms with E-state index >= 15 is 0 Å². The summed E-state index contributed by atoms with van der Waals surface area (Å²) in [4.78, 5) is 14.9. The van der Waals surface area contributed by atoms with E-state index in [-0.39, 0.29) is 39.5 Å². The minimum absolute atomic E-state index is 0.0715. The molecule has 186 valence electrons. The molecule has 0 radical (unpaired) electrons. The number of sulfonamides is 2. The number of amidine groups is 1. The summed E-state index contributed by atoms with van der Waals surface area (Å²) < 4.78 is 55.2. The number of hydrogen-bond donors (Lipinski definition) is 3.